The highest BCUT2D eigenvalue weighted by Crippen LogP contribution is 2.24. The lowest BCUT2D eigenvalue weighted by Crippen LogP contribution is -2.43. The minimum absolute atomic E-state index is 0.0601. The van der Waals surface area contributed by atoms with Gasteiger partial charge in [-0.3, -0.25) is 0 Å². The first-order valence-electron chi connectivity index (χ1n) is 7.19. The van der Waals surface area contributed by atoms with Crippen molar-refractivity contribution >= 4 is 15.7 Å². The van der Waals surface area contributed by atoms with Crippen LogP contribution in [0, 0.1) is 22.7 Å². The topological polar surface area (TPSA) is 97.0 Å². The van der Waals surface area contributed by atoms with Crippen LogP contribution in [0.1, 0.15) is 30.9 Å². The van der Waals surface area contributed by atoms with E-state index in [4.69, 9.17) is 10.5 Å². The maximum atomic E-state index is 11.8. The molecule has 1 heterocycles. The zero-order chi connectivity index (χ0) is 16.2. The van der Waals surface area contributed by atoms with Crippen molar-refractivity contribution in [1.29, 1.82) is 10.5 Å². The highest BCUT2D eigenvalue weighted by atomic mass is 32.2. The van der Waals surface area contributed by atoms with Crippen LogP contribution >= 0.6 is 0 Å². The van der Waals surface area contributed by atoms with Crippen molar-refractivity contribution in [3.63, 3.8) is 0 Å². The van der Waals surface area contributed by atoms with Gasteiger partial charge in [-0.1, -0.05) is 6.07 Å². The maximum Gasteiger partial charge on any atom is 0.213 e. The standard InChI is InChI=1S/C15H18N4O2S/c1-2-22(20,21)19-8-6-14(7-9-19)18-15-12(10-16)4-3-5-13(15)11-17/h3-5,14,18H,2,6-9H2,1H3. The third-order valence-electron chi connectivity index (χ3n) is 3.87. The van der Waals surface area contributed by atoms with E-state index in [1.54, 1.807) is 25.1 Å². The van der Waals surface area contributed by atoms with Crippen LogP contribution in [0.15, 0.2) is 18.2 Å². The first-order chi connectivity index (χ1) is 10.5. The number of anilines is 1. The van der Waals surface area contributed by atoms with E-state index in [-0.39, 0.29) is 11.8 Å². The SMILES string of the molecule is CCS(=O)(=O)N1CCC(Nc2c(C#N)cccc2C#N)CC1. The van der Waals surface area contributed by atoms with Crippen LogP contribution < -0.4 is 5.32 Å². The quantitative estimate of drug-likeness (QED) is 0.910. The maximum absolute atomic E-state index is 11.8. The fraction of sp³-hybridized carbons (Fsp3) is 0.467. The molecule has 2 rings (SSSR count). The Kier molecular flexibility index (Phi) is 5.02. The summed E-state index contributed by atoms with van der Waals surface area (Å²) in [7, 11) is -3.14. The van der Waals surface area contributed by atoms with Gasteiger partial charge in [-0.25, -0.2) is 12.7 Å². The summed E-state index contributed by atoms with van der Waals surface area (Å²) in [5.41, 5.74) is 1.41. The van der Waals surface area contributed by atoms with Crippen LogP contribution in [-0.2, 0) is 10.0 Å². The van der Waals surface area contributed by atoms with Gasteiger partial charge in [0, 0.05) is 19.1 Å². The van der Waals surface area contributed by atoms with Gasteiger partial charge in [0.1, 0.15) is 12.1 Å². The fourth-order valence-corrected chi connectivity index (χ4v) is 3.69. The van der Waals surface area contributed by atoms with E-state index in [1.807, 2.05) is 0 Å². The van der Waals surface area contributed by atoms with E-state index < -0.39 is 10.0 Å². The highest BCUT2D eigenvalue weighted by Gasteiger charge is 2.27. The molecule has 1 aliphatic rings. The summed E-state index contributed by atoms with van der Waals surface area (Å²) in [6, 6.07) is 9.24. The molecular formula is C15H18N4O2S. The molecule has 0 amide bonds. The Morgan fingerprint density at radius 2 is 1.77 bits per heavy atom. The third-order valence-corrected chi connectivity index (χ3v) is 5.75. The van der Waals surface area contributed by atoms with Crippen molar-refractivity contribution in [2.75, 3.05) is 24.2 Å². The first kappa shape index (κ1) is 16.3. The molecule has 1 aliphatic heterocycles. The Hall–Kier alpha value is -2.09. The Balaban J connectivity index is 2.10. The van der Waals surface area contributed by atoms with E-state index in [9.17, 15) is 8.42 Å². The minimum Gasteiger partial charge on any atom is -0.380 e. The molecule has 0 radical (unpaired) electrons. The molecule has 0 aromatic heterocycles. The molecular weight excluding hydrogens is 300 g/mol. The van der Waals surface area contributed by atoms with Crippen molar-refractivity contribution in [2.45, 2.75) is 25.8 Å². The second kappa shape index (κ2) is 6.78. The Labute approximate surface area is 131 Å². The molecule has 0 bridgehead atoms. The number of rotatable bonds is 4. The molecule has 1 N–H and O–H groups in total. The zero-order valence-corrected chi connectivity index (χ0v) is 13.2. The van der Waals surface area contributed by atoms with Gasteiger partial charge in [0.05, 0.1) is 22.6 Å². The second-order valence-electron chi connectivity index (χ2n) is 5.17. The molecule has 0 unspecified atom stereocenters. The van der Waals surface area contributed by atoms with Crippen LogP contribution in [0.3, 0.4) is 0 Å². The molecule has 0 saturated carbocycles. The number of nitrogens with zero attached hydrogens (tertiary/aromatic N) is 3. The fourth-order valence-electron chi connectivity index (χ4n) is 2.56. The number of nitriles is 2. The number of hydrogen-bond acceptors (Lipinski definition) is 5. The van der Waals surface area contributed by atoms with Gasteiger partial charge in [0.15, 0.2) is 0 Å². The normalized spacial score (nSPS) is 16.7. The number of sulfonamides is 1. The molecule has 1 saturated heterocycles. The van der Waals surface area contributed by atoms with Crippen molar-refractivity contribution in [3.05, 3.63) is 29.3 Å². The van der Waals surface area contributed by atoms with E-state index >= 15 is 0 Å². The van der Waals surface area contributed by atoms with Gasteiger partial charge in [-0.15, -0.1) is 0 Å². The molecule has 6 nitrogen and oxygen atoms in total. The summed E-state index contributed by atoms with van der Waals surface area (Å²) in [6.07, 6.45) is 1.31. The summed E-state index contributed by atoms with van der Waals surface area (Å²) in [4.78, 5) is 0. The number of para-hydroxylation sites is 1. The third kappa shape index (κ3) is 3.38. The van der Waals surface area contributed by atoms with Gasteiger partial charge < -0.3 is 5.32 Å². The lowest BCUT2D eigenvalue weighted by molar-refractivity contribution is 0.330. The Bertz CT molecular complexity index is 691. The zero-order valence-electron chi connectivity index (χ0n) is 12.4. The lowest BCUT2D eigenvalue weighted by Gasteiger charge is -2.32. The van der Waals surface area contributed by atoms with Crippen LogP contribution in [-0.4, -0.2) is 37.6 Å². The average Bonchev–Trinajstić information content (AvgIpc) is 2.55. The van der Waals surface area contributed by atoms with Gasteiger partial charge in [-0.05, 0) is 31.9 Å². The Morgan fingerprint density at radius 3 is 2.23 bits per heavy atom. The van der Waals surface area contributed by atoms with E-state index in [0.29, 0.717) is 42.7 Å². The molecule has 0 spiro atoms. The molecule has 0 aliphatic carbocycles. The van der Waals surface area contributed by atoms with E-state index in [0.717, 1.165) is 0 Å². The molecule has 22 heavy (non-hydrogen) atoms. The molecule has 0 atom stereocenters. The van der Waals surface area contributed by atoms with Crippen LogP contribution in [0.2, 0.25) is 0 Å². The van der Waals surface area contributed by atoms with Gasteiger partial charge in [0.25, 0.3) is 0 Å². The van der Waals surface area contributed by atoms with Crippen molar-refractivity contribution < 1.29 is 8.42 Å². The van der Waals surface area contributed by atoms with Gasteiger partial charge >= 0.3 is 0 Å². The van der Waals surface area contributed by atoms with Crippen molar-refractivity contribution in [2.24, 2.45) is 0 Å². The first-order valence-corrected chi connectivity index (χ1v) is 8.80. The summed E-state index contributed by atoms with van der Waals surface area (Å²) in [5.74, 6) is 0.112. The summed E-state index contributed by atoms with van der Waals surface area (Å²) in [6.45, 7) is 2.57. The monoisotopic (exact) mass is 318 g/mol. The predicted octanol–water partition coefficient (Wildman–Crippen LogP) is 1.66. The smallest absolute Gasteiger partial charge is 0.213 e. The van der Waals surface area contributed by atoms with Crippen LogP contribution in [0.5, 0.6) is 0 Å². The number of piperidine rings is 1. The lowest BCUT2D eigenvalue weighted by atomic mass is 10.0. The van der Waals surface area contributed by atoms with Gasteiger partial charge in [-0.2, -0.15) is 10.5 Å². The summed E-state index contributed by atoms with van der Waals surface area (Å²) >= 11 is 0. The summed E-state index contributed by atoms with van der Waals surface area (Å²) in [5, 5.41) is 21.6. The van der Waals surface area contributed by atoms with E-state index in [2.05, 4.69) is 17.5 Å². The molecule has 116 valence electrons. The van der Waals surface area contributed by atoms with Crippen LogP contribution in [0.25, 0.3) is 0 Å². The van der Waals surface area contributed by atoms with E-state index in [1.165, 1.54) is 4.31 Å². The molecule has 7 heteroatoms. The number of benzene rings is 1. The number of hydrogen-bond donors (Lipinski definition) is 1. The number of nitrogens with one attached hydrogen (secondary N) is 1. The summed E-state index contributed by atoms with van der Waals surface area (Å²) < 4.78 is 25.2. The van der Waals surface area contributed by atoms with Gasteiger partial charge in [0.2, 0.25) is 10.0 Å². The average molecular weight is 318 g/mol. The molecule has 1 aromatic rings. The van der Waals surface area contributed by atoms with Crippen LogP contribution in [0.4, 0.5) is 5.69 Å². The second-order valence-corrected chi connectivity index (χ2v) is 7.43. The van der Waals surface area contributed by atoms with Crippen molar-refractivity contribution in [1.82, 2.24) is 4.31 Å². The molecule has 1 aromatic carbocycles. The highest BCUT2D eigenvalue weighted by molar-refractivity contribution is 7.89. The Morgan fingerprint density at radius 1 is 1.23 bits per heavy atom. The predicted molar refractivity (Wildman–Crippen MR) is 83.6 cm³/mol. The molecule has 1 fully saturated rings. The minimum atomic E-state index is -3.14. The van der Waals surface area contributed by atoms with Crippen molar-refractivity contribution in [3.8, 4) is 12.1 Å². The largest absolute Gasteiger partial charge is 0.380 e.